The van der Waals surface area contributed by atoms with Crippen molar-refractivity contribution >= 4 is 28.8 Å². The van der Waals surface area contributed by atoms with E-state index in [2.05, 4.69) is 5.32 Å². The molecule has 0 radical (unpaired) electrons. The van der Waals surface area contributed by atoms with Gasteiger partial charge in [0.05, 0.1) is 12.0 Å². The Labute approximate surface area is 139 Å². The van der Waals surface area contributed by atoms with Crippen molar-refractivity contribution in [3.8, 4) is 0 Å². The van der Waals surface area contributed by atoms with Crippen molar-refractivity contribution in [1.82, 2.24) is 5.32 Å². The minimum atomic E-state index is -1.08. The van der Waals surface area contributed by atoms with Crippen LogP contribution in [0.5, 0.6) is 0 Å². The molecule has 1 atom stereocenters. The third-order valence-corrected chi connectivity index (χ3v) is 5.12. The number of thiophene rings is 1. The third kappa shape index (κ3) is 3.69. The Morgan fingerprint density at radius 1 is 1.27 bits per heavy atom. The minimum absolute atomic E-state index is 0.147. The third-order valence-electron chi connectivity index (χ3n) is 3.76. The number of rotatable bonds is 5. The van der Waals surface area contributed by atoms with E-state index in [0.717, 1.165) is 10.4 Å². The Morgan fingerprint density at radius 3 is 2.59 bits per heavy atom. The van der Waals surface area contributed by atoms with Crippen molar-refractivity contribution < 1.29 is 9.90 Å². The van der Waals surface area contributed by atoms with E-state index in [9.17, 15) is 9.90 Å². The molecule has 0 saturated heterocycles. The Hall–Kier alpha value is -1.36. The molecule has 5 heteroatoms. The maximum Gasteiger partial charge on any atom is 0.230 e. The molecule has 2 rings (SSSR count). The second-order valence-corrected chi connectivity index (χ2v) is 7.45. The molecular formula is C17H20ClNO2S. The Morgan fingerprint density at radius 2 is 2.00 bits per heavy atom. The average molecular weight is 338 g/mol. The smallest absolute Gasteiger partial charge is 0.230 e. The van der Waals surface area contributed by atoms with Gasteiger partial charge >= 0.3 is 0 Å². The molecule has 0 aliphatic heterocycles. The van der Waals surface area contributed by atoms with E-state index >= 15 is 0 Å². The zero-order chi connectivity index (χ0) is 16.4. The standard InChI is InChI=1S/C17H20ClNO2S/c1-16(2,12-6-4-7-13(18)10-12)15(20)19-11-17(3,21)14-8-5-9-22-14/h4-10,21H,11H2,1-3H3,(H,19,20). The fourth-order valence-electron chi connectivity index (χ4n) is 2.15. The number of carbonyl (C=O) groups is 1. The summed E-state index contributed by atoms with van der Waals surface area (Å²) in [6.07, 6.45) is 0. The van der Waals surface area contributed by atoms with Crippen LogP contribution >= 0.6 is 22.9 Å². The molecular weight excluding hydrogens is 318 g/mol. The quantitative estimate of drug-likeness (QED) is 0.874. The Balaban J connectivity index is 2.08. The van der Waals surface area contributed by atoms with Gasteiger partial charge in [-0.3, -0.25) is 4.79 Å². The molecule has 22 heavy (non-hydrogen) atoms. The van der Waals surface area contributed by atoms with Gasteiger partial charge in [-0.15, -0.1) is 11.3 Å². The number of nitrogens with one attached hydrogen (secondary N) is 1. The fourth-order valence-corrected chi connectivity index (χ4v) is 3.13. The second kappa shape index (κ2) is 6.41. The summed E-state index contributed by atoms with van der Waals surface area (Å²) in [7, 11) is 0. The van der Waals surface area contributed by atoms with Gasteiger partial charge in [-0.25, -0.2) is 0 Å². The highest BCUT2D eigenvalue weighted by Crippen LogP contribution is 2.27. The first-order valence-electron chi connectivity index (χ1n) is 7.04. The van der Waals surface area contributed by atoms with Crippen LogP contribution in [0.4, 0.5) is 0 Å². The molecule has 0 fully saturated rings. The van der Waals surface area contributed by atoms with Gasteiger partial charge in [0.15, 0.2) is 0 Å². The summed E-state index contributed by atoms with van der Waals surface area (Å²) in [6, 6.07) is 11.0. The number of carbonyl (C=O) groups excluding carboxylic acids is 1. The summed E-state index contributed by atoms with van der Waals surface area (Å²) in [4.78, 5) is 13.4. The summed E-state index contributed by atoms with van der Waals surface area (Å²) in [6.45, 7) is 5.55. The topological polar surface area (TPSA) is 49.3 Å². The number of benzene rings is 1. The van der Waals surface area contributed by atoms with Crippen LogP contribution in [0.3, 0.4) is 0 Å². The maximum absolute atomic E-state index is 12.5. The predicted molar refractivity (Wildman–Crippen MR) is 91.4 cm³/mol. The highest BCUT2D eigenvalue weighted by Gasteiger charge is 2.32. The average Bonchev–Trinajstić information content (AvgIpc) is 2.99. The molecule has 1 aromatic carbocycles. The maximum atomic E-state index is 12.5. The van der Waals surface area contributed by atoms with E-state index in [0.29, 0.717) is 5.02 Å². The van der Waals surface area contributed by atoms with Crippen LogP contribution in [0.15, 0.2) is 41.8 Å². The first-order chi connectivity index (χ1) is 10.2. The SMILES string of the molecule is CC(O)(CNC(=O)C(C)(C)c1cccc(Cl)c1)c1cccs1. The van der Waals surface area contributed by atoms with E-state index in [4.69, 9.17) is 11.6 Å². The van der Waals surface area contributed by atoms with Crippen LogP contribution < -0.4 is 5.32 Å². The summed E-state index contributed by atoms with van der Waals surface area (Å²) >= 11 is 7.47. The van der Waals surface area contributed by atoms with E-state index in [1.54, 1.807) is 19.1 Å². The fraction of sp³-hybridized carbons (Fsp3) is 0.353. The molecule has 1 aromatic heterocycles. The van der Waals surface area contributed by atoms with Crippen molar-refractivity contribution in [2.45, 2.75) is 31.8 Å². The number of halogens is 1. The summed E-state index contributed by atoms with van der Waals surface area (Å²) < 4.78 is 0. The summed E-state index contributed by atoms with van der Waals surface area (Å²) in [5.41, 5.74) is -0.960. The molecule has 0 saturated carbocycles. The molecule has 0 spiro atoms. The molecule has 0 aliphatic carbocycles. The normalized spacial score (nSPS) is 14.4. The number of amides is 1. The van der Waals surface area contributed by atoms with E-state index in [1.165, 1.54) is 11.3 Å². The van der Waals surface area contributed by atoms with Crippen molar-refractivity contribution in [1.29, 1.82) is 0 Å². The van der Waals surface area contributed by atoms with E-state index < -0.39 is 11.0 Å². The summed E-state index contributed by atoms with van der Waals surface area (Å²) in [5, 5.41) is 15.8. The van der Waals surface area contributed by atoms with Crippen LogP contribution in [0.2, 0.25) is 5.02 Å². The van der Waals surface area contributed by atoms with E-state index in [-0.39, 0.29) is 12.5 Å². The van der Waals surface area contributed by atoms with Gasteiger partial charge in [0.25, 0.3) is 0 Å². The lowest BCUT2D eigenvalue weighted by Crippen LogP contribution is -2.45. The highest BCUT2D eigenvalue weighted by molar-refractivity contribution is 7.10. The van der Waals surface area contributed by atoms with Crippen LogP contribution in [-0.2, 0) is 15.8 Å². The second-order valence-electron chi connectivity index (χ2n) is 6.07. The van der Waals surface area contributed by atoms with Gasteiger partial charge in [-0.1, -0.05) is 29.8 Å². The van der Waals surface area contributed by atoms with Gasteiger partial charge in [-0.05, 0) is 49.9 Å². The molecule has 1 amide bonds. The molecule has 0 aliphatic rings. The van der Waals surface area contributed by atoms with Crippen LogP contribution in [-0.4, -0.2) is 17.6 Å². The molecule has 1 unspecified atom stereocenters. The lowest BCUT2D eigenvalue weighted by atomic mass is 9.83. The van der Waals surface area contributed by atoms with Crippen LogP contribution in [0.25, 0.3) is 0 Å². The number of hydrogen-bond acceptors (Lipinski definition) is 3. The lowest BCUT2D eigenvalue weighted by molar-refractivity contribution is -0.126. The molecule has 2 aromatic rings. The van der Waals surface area contributed by atoms with Crippen molar-refractivity contribution in [2.75, 3.05) is 6.54 Å². The molecule has 1 heterocycles. The largest absolute Gasteiger partial charge is 0.383 e. The highest BCUT2D eigenvalue weighted by atomic mass is 35.5. The van der Waals surface area contributed by atoms with Crippen molar-refractivity contribution in [3.05, 3.63) is 57.2 Å². The van der Waals surface area contributed by atoms with Crippen molar-refractivity contribution in [3.63, 3.8) is 0 Å². The molecule has 0 bridgehead atoms. The van der Waals surface area contributed by atoms with Crippen molar-refractivity contribution in [2.24, 2.45) is 0 Å². The zero-order valence-corrected chi connectivity index (χ0v) is 14.5. The van der Waals surface area contributed by atoms with Gasteiger partial charge in [0.1, 0.15) is 5.60 Å². The zero-order valence-electron chi connectivity index (χ0n) is 12.9. The summed E-state index contributed by atoms with van der Waals surface area (Å²) in [5.74, 6) is -0.147. The van der Waals surface area contributed by atoms with Gasteiger partial charge in [-0.2, -0.15) is 0 Å². The lowest BCUT2D eigenvalue weighted by Gasteiger charge is -2.28. The molecule has 2 N–H and O–H groups in total. The van der Waals surface area contributed by atoms with Crippen LogP contribution in [0, 0.1) is 0 Å². The molecule has 3 nitrogen and oxygen atoms in total. The number of aliphatic hydroxyl groups is 1. The first kappa shape index (κ1) is 17.0. The Kier molecular flexibility index (Phi) is 4.95. The van der Waals surface area contributed by atoms with Gasteiger partial charge in [0, 0.05) is 9.90 Å². The Bertz CT molecular complexity index is 650. The van der Waals surface area contributed by atoms with Gasteiger partial charge < -0.3 is 10.4 Å². The molecule has 118 valence electrons. The monoisotopic (exact) mass is 337 g/mol. The number of hydrogen-bond donors (Lipinski definition) is 2. The van der Waals surface area contributed by atoms with Crippen LogP contribution in [0.1, 0.15) is 31.2 Å². The predicted octanol–water partition coefficient (Wildman–Crippen LogP) is 3.70. The minimum Gasteiger partial charge on any atom is -0.383 e. The first-order valence-corrected chi connectivity index (χ1v) is 8.30. The van der Waals surface area contributed by atoms with E-state index in [1.807, 2.05) is 43.5 Å². The van der Waals surface area contributed by atoms with Gasteiger partial charge in [0.2, 0.25) is 5.91 Å².